The number of nitro benzene ring substituents is 1. The van der Waals surface area contributed by atoms with E-state index in [9.17, 15) is 20.0 Å². The number of anilines is 1. The van der Waals surface area contributed by atoms with Gasteiger partial charge in [0.15, 0.2) is 5.75 Å². The average Bonchev–Trinajstić information content (AvgIpc) is 2.53. The number of hydrogen-bond acceptors (Lipinski definition) is 5. The average molecular weight is 302 g/mol. The summed E-state index contributed by atoms with van der Waals surface area (Å²) in [4.78, 5) is 24.1. The zero-order valence-electron chi connectivity index (χ0n) is 12.0. The molecule has 7 heteroatoms. The molecule has 0 heterocycles. The van der Waals surface area contributed by atoms with Crippen molar-refractivity contribution in [3.63, 3.8) is 0 Å². The molecule has 2 aromatic rings. The zero-order valence-corrected chi connectivity index (χ0v) is 12.0. The van der Waals surface area contributed by atoms with Gasteiger partial charge in [0.2, 0.25) is 0 Å². The molecule has 0 atom stereocenters. The van der Waals surface area contributed by atoms with E-state index in [1.807, 2.05) is 0 Å². The number of nitro groups is 1. The molecule has 1 N–H and O–H groups in total. The Bertz CT molecular complexity index is 712. The van der Waals surface area contributed by atoms with E-state index < -0.39 is 10.8 Å². The Morgan fingerprint density at radius 3 is 2.41 bits per heavy atom. The molecule has 114 valence electrons. The van der Waals surface area contributed by atoms with Gasteiger partial charge in [0.05, 0.1) is 12.0 Å². The number of rotatable bonds is 4. The summed E-state index contributed by atoms with van der Waals surface area (Å²) in [5.41, 5.74) is 0.455. The fraction of sp³-hybridized carbons (Fsp3) is 0.133. The number of amides is 1. The van der Waals surface area contributed by atoms with Crippen LogP contribution in [0.2, 0.25) is 0 Å². The number of hydrogen-bond donors (Lipinski definition) is 1. The topological polar surface area (TPSA) is 92.9 Å². The summed E-state index contributed by atoms with van der Waals surface area (Å²) in [7, 11) is 2.87. The van der Waals surface area contributed by atoms with Crippen LogP contribution in [-0.2, 0) is 0 Å². The normalized spacial score (nSPS) is 10.1. The highest BCUT2D eigenvalue weighted by Crippen LogP contribution is 2.28. The minimum absolute atomic E-state index is 0.0877. The van der Waals surface area contributed by atoms with Crippen molar-refractivity contribution in [2.75, 3.05) is 19.1 Å². The van der Waals surface area contributed by atoms with Gasteiger partial charge < -0.3 is 14.7 Å². The van der Waals surface area contributed by atoms with Gasteiger partial charge in [-0.05, 0) is 36.4 Å². The van der Waals surface area contributed by atoms with Gasteiger partial charge in [0, 0.05) is 24.4 Å². The van der Waals surface area contributed by atoms with Crippen LogP contribution in [0.3, 0.4) is 0 Å². The smallest absolute Gasteiger partial charge is 0.311 e. The van der Waals surface area contributed by atoms with Gasteiger partial charge in [-0.3, -0.25) is 14.9 Å². The number of aromatic hydroxyl groups is 1. The second-order valence-corrected chi connectivity index (χ2v) is 4.52. The van der Waals surface area contributed by atoms with Crippen LogP contribution in [0, 0.1) is 10.1 Å². The highest BCUT2D eigenvalue weighted by Gasteiger charge is 2.20. The van der Waals surface area contributed by atoms with Crippen molar-refractivity contribution in [3.05, 3.63) is 58.1 Å². The van der Waals surface area contributed by atoms with Gasteiger partial charge in [0.25, 0.3) is 5.91 Å². The number of phenols is 1. The summed E-state index contributed by atoms with van der Waals surface area (Å²) in [6.45, 7) is 0. The number of nitrogens with zero attached hydrogens (tertiary/aromatic N) is 2. The minimum Gasteiger partial charge on any atom is -0.508 e. The van der Waals surface area contributed by atoms with Crippen LogP contribution in [0.25, 0.3) is 0 Å². The van der Waals surface area contributed by atoms with Crippen LogP contribution >= 0.6 is 0 Å². The summed E-state index contributed by atoms with van der Waals surface area (Å²) >= 11 is 0. The quantitative estimate of drug-likeness (QED) is 0.692. The SMILES string of the molecule is COc1ccc(C(=O)N(C)c2ccc(O)cc2)cc1[N+](=O)[O-]. The zero-order chi connectivity index (χ0) is 16.3. The van der Waals surface area contributed by atoms with Crippen LogP contribution < -0.4 is 9.64 Å². The van der Waals surface area contributed by atoms with Crippen LogP contribution in [-0.4, -0.2) is 30.1 Å². The van der Waals surface area contributed by atoms with Crippen LogP contribution in [0.1, 0.15) is 10.4 Å². The first kappa shape index (κ1) is 15.3. The largest absolute Gasteiger partial charge is 0.508 e. The van der Waals surface area contributed by atoms with Crippen molar-refractivity contribution in [1.82, 2.24) is 0 Å². The van der Waals surface area contributed by atoms with Gasteiger partial charge in [-0.2, -0.15) is 0 Å². The van der Waals surface area contributed by atoms with Crippen molar-refractivity contribution < 1.29 is 19.6 Å². The molecule has 0 bridgehead atoms. The molecule has 2 aromatic carbocycles. The summed E-state index contributed by atoms with van der Waals surface area (Å²) < 4.78 is 4.91. The lowest BCUT2D eigenvalue weighted by molar-refractivity contribution is -0.385. The van der Waals surface area contributed by atoms with E-state index in [2.05, 4.69) is 0 Å². The highest BCUT2D eigenvalue weighted by atomic mass is 16.6. The fourth-order valence-corrected chi connectivity index (χ4v) is 1.95. The van der Waals surface area contributed by atoms with Gasteiger partial charge in [-0.1, -0.05) is 0 Å². The predicted molar refractivity (Wildman–Crippen MR) is 80.5 cm³/mol. The van der Waals surface area contributed by atoms with E-state index in [1.54, 1.807) is 19.2 Å². The molecule has 0 aromatic heterocycles. The van der Waals surface area contributed by atoms with Crippen molar-refractivity contribution in [2.45, 2.75) is 0 Å². The number of carbonyl (C=O) groups is 1. The summed E-state index contributed by atoms with van der Waals surface area (Å²) in [6, 6.07) is 10.1. The van der Waals surface area contributed by atoms with Crippen molar-refractivity contribution >= 4 is 17.3 Å². The van der Waals surface area contributed by atoms with Crippen LogP contribution in [0.5, 0.6) is 11.5 Å². The highest BCUT2D eigenvalue weighted by molar-refractivity contribution is 6.06. The predicted octanol–water partition coefficient (Wildman–Crippen LogP) is 2.59. The van der Waals surface area contributed by atoms with E-state index in [1.165, 1.54) is 42.3 Å². The van der Waals surface area contributed by atoms with Crippen molar-refractivity contribution in [1.29, 1.82) is 0 Å². The van der Waals surface area contributed by atoms with Gasteiger partial charge >= 0.3 is 5.69 Å². The molecule has 0 aliphatic rings. The van der Waals surface area contributed by atoms with Crippen molar-refractivity contribution in [2.24, 2.45) is 0 Å². The van der Waals surface area contributed by atoms with E-state index >= 15 is 0 Å². The number of methoxy groups -OCH3 is 1. The Morgan fingerprint density at radius 1 is 1.23 bits per heavy atom. The van der Waals surface area contributed by atoms with Crippen LogP contribution in [0.15, 0.2) is 42.5 Å². The first-order valence-corrected chi connectivity index (χ1v) is 6.33. The maximum Gasteiger partial charge on any atom is 0.311 e. The lowest BCUT2D eigenvalue weighted by Crippen LogP contribution is -2.26. The van der Waals surface area contributed by atoms with Crippen LogP contribution in [0.4, 0.5) is 11.4 Å². The number of benzene rings is 2. The van der Waals surface area contributed by atoms with Gasteiger partial charge in [0.1, 0.15) is 5.75 Å². The monoisotopic (exact) mass is 302 g/mol. The Balaban J connectivity index is 2.34. The molecule has 0 saturated carbocycles. The molecule has 22 heavy (non-hydrogen) atoms. The lowest BCUT2D eigenvalue weighted by atomic mass is 10.1. The summed E-state index contributed by atoms with van der Waals surface area (Å²) in [5, 5.41) is 20.3. The van der Waals surface area contributed by atoms with Gasteiger partial charge in [-0.25, -0.2) is 0 Å². The second kappa shape index (κ2) is 6.13. The molecule has 0 radical (unpaired) electrons. The molecule has 2 rings (SSSR count). The molecule has 0 spiro atoms. The Hall–Kier alpha value is -3.09. The summed E-state index contributed by atoms with van der Waals surface area (Å²) in [5.74, 6) is -0.227. The number of ether oxygens (including phenoxy) is 1. The summed E-state index contributed by atoms with van der Waals surface area (Å²) in [6.07, 6.45) is 0. The van der Waals surface area contributed by atoms with E-state index in [4.69, 9.17) is 4.74 Å². The second-order valence-electron chi connectivity index (χ2n) is 4.52. The van der Waals surface area contributed by atoms with E-state index in [0.29, 0.717) is 5.69 Å². The van der Waals surface area contributed by atoms with Crippen molar-refractivity contribution in [3.8, 4) is 11.5 Å². The third-order valence-electron chi connectivity index (χ3n) is 3.16. The molecule has 0 unspecified atom stereocenters. The maximum atomic E-state index is 12.4. The maximum absolute atomic E-state index is 12.4. The van der Waals surface area contributed by atoms with E-state index in [0.717, 1.165) is 0 Å². The Labute approximate surface area is 126 Å². The first-order valence-electron chi connectivity index (χ1n) is 6.33. The minimum atomic E-state index is -0.601. The third kappa shape index (κ3) is 2.98. The molecule has 0 aliphatic heterocycles. The third-order valence-corrected chi connectivity index (χ3v) is 3.16. The Kier molecular flexibility index (Phi) is 4.26. The molecular formula is C15H14N2O5. The molecule has 0 aliphatic carbocycles. The number of phenolic OH excluding ortho intramolecular Hbond substituents is 1. The molecule has 0 saturated heterocycles. The lowest BCUT2D eigenvalue weighted by Gasteiger charge is -2.17. The van der Waals surface area contributed by atoms with E-state index in [-0.39, 0.29) is 22.7 Å². The standard InChI is InChI=1S/C15H14N2O5/c1-16(11-4-6-12(18)7-5-11)15(19)10-3-8-14(22-2)13(9-10)17(20)21/h3-9,18H,1-2H3. The van der Waals surface area contributed by atoms with Gasteiger partial charge in [-0.15, -0.1) is 0 Å². The number of carbonyl (C=O) groups excluding carboxylic acids is 1. The molecule has 0 fully saturated rings. The molecular weight excluding hydrogens is 288 g/mol. The molecule has 7 nitrogen and oxygen atoms in total. The Morgan fingerprint density at radius 2 is 1.86 bits per heavy atom. The first-order chi connectivity index (χ1) is 10.4. The molecule has 1 amide bonds. The fourth-order valence-electron chi connectivity index (χ4n) is 1.95.